The van der Waals surface area contributed by atoms with E-state index in [2.05, 4.69) is 4.90 Å². The Balaban J connectivity index is 1.91. The van der Waals surface area contributed by atoms with E-state index in [4.69, 9.17) is 10.5 Å². The molecule has 2 aliphatic rings. The van der Waals surface area contributed by atoms with Crippen molar-refractivity contribution in [1.82, 2.24) is 4.90 Å². The molecule has 0 aromatic carbocycles. The number of piperidine rings is 1. The molecule has 0 aromatic rings. The average molecular weight is 198 g/mol. The molecule has 2 fully saturated rings. The highest BCUT2D eigenvalue weighted by atomic mass is 16.5. The van der Waals surface area contributed by atoms with Crippen molar-refractivity contribution in [2.45, 2.75) is 37.7 Å². The van der Waals surface area contributed by atoms with Crippen LogP contribution in [-0.2, 0) is 4.74 Å². The largest absolute Gasteiger partial charge is 0.374 e. The molecule has 0 radical (unpaired) electrons. The van der Waals surface area contributed by atoms with Gasteiger partial charge < -0.3 is 10.5 Å². The quantitative estimate of drug-likeness (QED) is 0.719. The van der Waals surface area contributed by atoms with Gasteiger partial charge in [-0.05, 0) is 38.6 Å². The van der Waals surface area contributed by atoms with E-state index in [0.29, 0.717) is 0 Å². The topological polar surface area (TPSA) is 38.5 Å². The summed E-state index contributed by atoms with van der Waals surface area (Å²) in [6.45, 7) is 5.10. The van der Waals surface area contributed by atoms with E-state index in [0.717, 1.165) is 26.2 Å². The highest BCUT2D eigenvalue weighted by Gasteiger charge is 2.37. The van der Waals surface area contributed by atoms with Gasteiger partial charge in [0.05, 0.1) is 5.60 Å². The van der Waals surface area contributed by atoms with Crippen LogP contribution in [0.4, 0.5) is 0 Å². The molecule has 0 unspecified atom stereocenters. The van der Waals surface area contributed by atoms with Crippen LogP contribution < -0.4 is 5.73 Å². The van der Waals surface area contributed by atoms with Gasteiger partial charge in [0.1, 0.15) is 0 Å². The highest BCUT2D eigenvalue weighted by molar-refractivity contribution is 4.90. The van der Waals surface area contributed by atoms with Crippen molar-refractivity contribution in [3.8, 4) is 0 Å². The Morgan fingerprint density at radius 3 is 2.79 bits per heavy atom. The molecule has 0 aromatic heterocycles. The molecule has 0 bridgehead atoms. The summed E-state index contributed by atoms with van der Waals surface area (Å²) in [6.07, 6.45) is 6.39. The lowest BCUT2D eigenvalue weighted by Gasteiger charge is -2.44. The van der Waals surface area contributed by atoms with Crippen LogP contribution in [0, 0.1) is 0 Å². The number of hydrogen-bond acceptors (Lipinski definition) is 3. The molecule has 0 saturated carbocycles. The van der Waals surface area contributed by atoms with Crippen molar-refractivity contribution in [1.29, 1.82) is 0 Å². The lowest BCUT2D eigenvalue weighted by molar-refractivity contribution is -0.115. The third-order valence-electron chi connectivity index (χ3n) is 3.50. The normalized spacial score (nSPS) is 34.9. The second-order valence-electron chi connectivity index (χ2n) is 4.66. The van der Waals surface area contributed by atoms with Gasteiger partial charge in [-0.25, -0.2) is 0 Å². The summed E-state index contributed by atoms with van der Waals surface area (Å²) in [5.41, 5.74) is 5.79. The number of nitrogens with two attached hydrogens (primary N) is 1. The molecule has 0 aliphatic carbocycles. The SMILES string of the molecule is NCCN1CCC[C@@]2(CCCCO2)C1. The minimum Gasteiger partial charge on any atom is -0.374 e. The maximum atomic E-state index is 6.00. The molecule has 14 heavy (non-hydrogen) atoms. The van der Waals surface area contributed by atoms with Crippen LogP contribution in [0.2, 0.25) is 0 Å². The third-order valence-corrected chi connectivity index (χ3v) is 3.50. The van der Waals surface area contributed by atoms with Crippen molar-refractivity contribution in [3.05, 3.63) is 0 Å². The van der Waals surface area contributed by atoms with Crippen LogP contribution in [0.5, 0.6) is 0 Å². The summed E-state index contributed by atoms with van der Waals surface area (Å²) in [4.78, 5) is 2.47. The zero-order valence-corrected chi connectivity index (χ0v) is 9.00. The Hall–Kier alpha value is -0.120. The van der Waals surface area contributed by atoms with E-state index in [9.17, 15) is 0 Å². The van der Waals surface area contributed by atoms with Gasteiger partial charge in [0.15, 0.2) is 0 Å². The lowest BCUT2D eigenvalue weighted by atomic mass is 9.86. The Labute approximate surface area is 86.6 Å². The van der Waals surface area contributed by atoms with Crippen molar-refractivity contribution >= 4 is 0 Å². The van der Waals surface area contributed by atoms with E-state index >= 15 is 0 Å². The fraction of sp³-hybridized carbons (Fsp3) is 1.00. The van der Waals surface area contributed by atoms with Gasteiger partial charge in [0, 0.05) is 26.2 Å². The maximum absolute atomic E-state index is 6.00. The van der Waals surface area contributed by atoms with Gasteiger partial charge in [-0.1, -0.05) is 0 Å². The van der Waals surface area contributed by atoms with Gasteiger partial charge in [0.25, 0.3) is 0 Å². The smallest absolute Gasteiger partial charge is 0.0809 e. The number of ether oxygens (including phenoxy) is 1. The molecule has 3 heteroatoms. The van der Waals surface area contributed by atoms with Gasteiger partial charge >= 0.3 is 0 Å². The Kier molecular flexibility index (Phi) is 3.42. The number of hydrogen-bond donors (Lipinski definition) is 1. The van der Waals surface area contributed by atoms with Gasteiger partial charge in [-0.2, -0.15) is 0 Å². The zero-order chi connectivity index (χ0) is 9.86. The number of nitrogens with zero attached hydrogens (tertiary/aromatic N) is 1. The molecule has 2 N–H and O–H groups in total. The van der Waals surface area contributed by atoms with E-state index in [-0.39, 0.29) is 5.60 Å². The second-order valence-corrected chi connectivity index (χ2v) is 4.66. The first-order chi connectivity index (χ1) is 6.85. The Morgan fingerprint density at radius 2 is 2.07 bits per heavy atom. The average Bonchev–Trinajstić information content (AvgIpc) is 2.19. The summed E-state index contributed by atoms with van der Waals surface area (Å²) in [7, 11) is 0. The van der Waals surface area contributed by atoms with Crippen molar-refractivity contribution < 1.29 is 4.74 Å². The fourth-order valence-electron chi connectivity index (χ4n) is 2.80. The first-order valence-corrected chi connectivity index (χ1v) is 5.91. The molecular formula is C11H22N2O. The molecular weight excluding hydrogens is 176 g/mol. The van der Waals surface area contributed by atoms with Crippen LogP contribution in [0.15, 0.2) is 0 Å². The predicted molar refractivity (Wildman–Crippen MR) is 57.3 cm³/mol. The highest BCUT2D eigenvalue weighted by Crippen LogP contribution is 2.33. The number of rotatable bonds is 2. The molecule has 2 heterocycles. The standard InChI is InChI=1S/C11H22N2O/c12-6-8-13-7-3-5-11(10-13)4-1-2-9-14-11/h1-10,12H2/t11-/m0/s1. The Bertz CT molecular complexity index is 171. The molecule has 2 saturated heterocycles. The summed E-state index contributed by atoms with van der Waals surface area (Å²) < 4.78 is 6.00. The molecule has 1 spiro atoms. The van der Waals surface area contributed by atoms with E-state index in [1.807, 2.05) is 0 Å². The van der Waals surface area contributed by atoms with Crippen LogP contribution in [0.25, 0.3) is 0 Å². The summed E-state index contributed by atoms with van der Waals surface area (Å²) in [6, 6.07) is 0. The van der Waals surface area contributed by atoms with E-state index < -0.39 is 0 Å². The first kappa shape index (κ1) is 10.4. The van der Waals surface area contributed by atoms with Crippen molar-refractivity contribution in [3.63, 3.8) is 0 Å². The van der Waals surface area contributed by atoms with E-state index in [1.54, 1.807) is 0 Å². The predicted octanol–water partition coefficient (Wildman–Crippen LogP) is 0.980. The lowest BCUT2D eigenvalue weighted by Crippen LogP contribution is -2.52. The molecule has 2 rings (SSSR count). The van der Waals surface area contributed by atoms with Crippen molar-refractivity contribution in [2.24, 2.45) is 5.73 Å². The van der Waals surface area contributed by atoms with E-state index in [1.165, 1.54) is 38.6 Å². The van der Waals surface area contributed by atoms with Crippen LogP contribution in [-0.4, -0.2) is 43.3 Å². The first-order valence-electron chi connectivity index (χ1n) is 5.91. The summed E-state index contributed by atoms with van der Waals surface area (Å²) >= 11 is 0. The number of likely N-dealkylation sites (tertiary alicyclic amines) is 1. The molecule has 3 nitrogen and oxygen atoms in total. The molecule has 82 valence electrons. The van der Waals surface area contributed by atoms with Crippen LogP contribution in [0.3, 0.4) is 0 Å². The second kappa shape index (κ2) is 4.60. The van der Waals surface area contributed by atoms with Gasteiger partial charge in [0.2, 0.25) is 0 Å². The minimum atomic E-state index is 0.200. The van der Waals surface area contributed by atoms with Crippen LogP contribution in [0.1, 0.15) is 32.1 Å². The molecule has 0 amide bonds. The summed E-state index contributed by atoms with van der Waals surface area (Å²) in [5.74, 6) is 0. The molecule has 2 aliphatic heterocycles. The molecule has 1 atom stereocenters. The minimum absolute atomic E-state index is 0.200. The monoisotopic (exact) mass is 198 g/mol. The fourth-order valence-corrected chi connectivity index (χ4v) is 2.80. The van der Waals surface area contributed by atoms with Gasteiger partial charge in [-0.15, -0.1) is 0 Å². The zero-order valence-electron chi connectivity index (χ0n) is 9.00. The Morgan fingerprint density at radius 1 is 1.21 bits per heavy atom. The van der Waals surface area contributed by atoms with Gasteiger partial charge in [-0.3, -0.25) is 4.90 Å². The van der Waals surface area contributed by atoms with Crippen LogP contribution >= 0.6 is 0 Å². The van der Waals surface area contributed by atoms with Crippen molar-refractivity contribution in [2.75, 3.05) is 32.8 Å². The maximum Gasteiger partial charge on any atom is 0.0809 e. The summed E-state index contributed by atoms with van der Waals surface area (Å²) in [5, 5.41) is 0. The third kappa shape index (κ3) is 2.27.